The summed E-state index contributed by atoms with van der Waals surface area (Å²) in [6.07, 6.45) is 0. The van der Waals surface area contributed by atoms with Crippen molar-refractivity contribution in [3.63, 3.8) is 0 Å². The minimum atomic E-state index is -0.374. The van der Waals surface area contributed by atoms with Crippen molar-refractivity contribution in [1.29, 1.82) is 0 Å². The molecule has 0 unspecified atom stereocenters. The molecule has 0 aliphatic rings. The number of carbonyl (C=O) groups is 2. The van der Waals surface area contributed by atoms with Crippen LogP contribution in [-0.2, 0) is 9.59 Å². The van der Waals surface area contributed by atoms with Crippen molar-refractivity contribution in [1.82, 2.24) is 10.6 Å². The van der Waals surface area contributed by atoms with Crippen molar-refractivity contribution in [3.05, 3.63) is 71.8 Å². The van der Waals surface area contributed by atoms with Crippen molar-refractivity contribution in [3.8, 4) is 0 Å². The molecule has 0 bridgehead atoms. The first kappa shape index (κ1) is 17.0. The zero-order valence-electron chi connectivity index (χ0n) is 12.7. The fraction of sp³-hybridized carbons (Fsp3) is 0.222. The summed E-state index contributed by atoms with van der Waals surface area (Å²) in [7, 11) is 0. The minimum Gasteiger partial charge on any atom is -0.354 e. The van der Waals surface area contributed by atoms with E-state index in [9.17, 15) is 9.59 Å². The highest BCUT2D eigenvalue weighted by atomic mass is 35.5. The summed E-state index contributed by atoms with van der Waals surface area (Å²) < 4.78 is 0. The molecule has 0 spiro atoms. The van der Waals surface area contributed by atoms with E-state index in [-0.39, 0.29) is 23.6 Å². The second-order valence-corrected chi connectivity index (χ2v) is 5.30. The number of halogens is 1. The van der Waals surface area contributed by atoms with Crippen molar-refractivity contribution >= 4 is 23.4 Å². The van der Waals surface area contributed by atoms with E-state index in [0.717, 1.165) is 11.1 Å². The molecular formula is C18H19ClN2O2. The number of benzene rings is 2. The topological polar surface area (TPSA) is 58.2 Å². The van der Waals surface area contributed by atoms with E-state index >= 15 is 0 Å². The van der Waals surface area contributed by atoms with E-state index in [1.165, 1.54) is 0 Å². The van der Waals surface area contributed by atoms with Crippen LogP contribution in [-0.4, -0.2) is 30.8 Å². The average molecular weight is 331 g/mol. The number of rotatable bonds is 7. The Kier molecular flexibility index (Phi) is 6.63. The van der Waals surface area contributed by atoms with Crippen LogP contribution in [0.4, 0.5) is 0 Å². The summed E-state index contributed by atoms with van der Waals surface area (Å²) in [6.45, 7) is 0.714. The van der Waals surface area contributed by atoms with E-state index in [2.05, 4.69) is 10.6 Å². The number of hydrogen-bond donors (Lipinski definition) is 2. The normalized spacial score (nSPS) is 10.3. The summed E-state index contributed by atoms with van der Waals surface area (Å²) in [5.74, 6) is -0.794. The quantitative estimate of drug-likeness (QED) is 0.604. The lowest BCUT2D eigenvalue weighted by molar-refractivity contribution is -0.122. The van der Waals surface area contributed by atoms with Gasteiger partial charge in [0.1, 0.15) is 5.88 Å². The Morgan fingerprint density at radius 1 is 0.826 bits per heavy atom. The van der Waals surface area contributed by atoms with E-state index in [1.54, 1.807) is 0 Å². The van der Waals surface area contributed by atoms with Crippen LogP contribution >= 0.6 is 11.6 Å². The molecule has 0 aromatic heterocycles. The SMILES string of the molecule is O=C(CCl)NCCNC(=O)C(c1ccccc1)c1ccccc1. The molecular weight excluding hydrogens is 312 g/mol. The molecule has 0 aliphatic carbocycles. The Labute approximate surface area is 140 Å². The molecule has 0 atom stereocenters. The van der Waals surface area contributed by atoms with Gasteiger partial charge < -0.3 is 10.6 Å². The van der Waals surface area contributed by atoms with E-state index < -0.39 is 0 Å². The first-order valence-electron chi connectivity index (χ1n) is 7.42. The molecule has 23 heavy (non-hydrogen) atoms. The van der Waals surface area contributed by atoms with Crippen LogP contribution < -0.4 is 10.6 Å². The molecule has 0 saturated heterocycles. The highest BCUT2D eigenvalue weighted by Crippen LogP contribution is 2.24. The van der Waals surface area contributed by atoms with Gasteiger partial charge in [-0.25, -0.2) is 0 Å². The number of amides is 2. The molecule has 2 N–H and O–H groups in total. The summed E-state index contributed by atoms with van der Waals surface area (Å²) in [5, 5.41) is 5.48. The third kappa shape index (κ3) is 5.11. The number of alkyl halides is 1. The maximum Gasteiger partial charge on any atom is 0.234 e. The van der Waals surface area contributed by atoms with Crippen LogP contribution in [0.25, 0.3) is 0 Å². The Morgan fingerprint density at radius 2 is 1.30 bits per heavy atom. The molecule has 2 aromatic rings. The van der Waals surface area contributed by atoms with Gasteiger partial charge in [0.2, 0.25) is 11.8 Å². The van der Waals surface area contributed by atoms with Gasteiger partial charge >= 0.3 is 0 Å². The number of nitrogens with one attached hydrogen (secondary N) is 2. The molecule has 5 heteroatoms. The van der Waals surface area contributed by atoms with Gasteiger partial charge in [0, 0.05) is 13.1 Å². The van der Waals surface area contributed by atoms with Gasteiger partial charge in [0.15, 0.2) is 0 Å². The second-order valence-electron chi connectivity index (χ2n) is 5.03. The smallest absolute Gasteiger partial charge is 0.234 e. The van der Waals surface area contributed by atoms with Crippen molar-refractivity contribution < 1.29 is 9.59 Å². The summed E-state index contributed by atoms with van der Waals surface area (Å²) in [4.78, 5) is 23.7. The number of hydrogen-bond acceptors (Lipinski definition) is 2. The lowest BCUT2D eigenvalue weighted by Crippen LogP contribution is -2.37. The van der Waals surface area contributed by atoms with Gasteiger partial charge in [-0.15, -0.1) is 11.6 Å². The predicted molar refractivity (Wildman–Crippen MR) is 91.5 cm³/mol. The lowest BCUT2D eigenvalue weighted by atomic mass is 9.90. The lowest BCUT2D eigenvalue weighted by Gasteiger charge is -2.18. The zero-order valence-corrected chi connectivity index (χ0v) is 13.4. The largest absolute Gasteiger partial charge is 0.354 e. The van der Waals surface area contributed by atoms with Gasteiger partial charge in [0.05, 0.1) is 5.92 Å². The third-order valence-electron chi connectivity index (χ3n) is 3.40. The molecule has 4 nitrogen and oxygen atoms in total. The average Bonchev–Trinajstić information content (AvgIpc) is 2.60. The molecule has 0 radical (unpaired) electrons. The molecule has 0 saturated carbocycles. The van der Waals surface area contributed by atoms with Gasteiger partial charge in [-0.2, -0.15) is 0 Å². The summed E-state index contributed by atoms with van der Waals surface area (Å²) in [6, 6.07) is 19.3. The van der Waals surface area contributed by atoms with Crippen LogP contribution in [0.2, 0.25) is 0 Å². The van der Waals surface area contributed by atoms with Gasteiger partial charge in [0.25, 0.3) is 0 Å². The van der Waals surface area contributed by atoms with Gasteiger partial charge in [-0.05, 0) is 11.1 Å². The summed E-state index contributed by atoms with van der Waals surface area (Å²) >= 11 is 5.40. The summed E-state index contributed by atoms with van der Waals surface area (Å²) in [5.41, 5.74) is 1.86. The molecule has 120 valence electrons. The first-order valence-corrected chi connectivity index (χ1v) is 7.96. The van der Waals surface area contributed by atoms with Gasteiger partial charge in [-0.3, -0.25) is 9.59 Å². The Balaban J connectivity index is 2.06. The number of carbonyl (C=O) groups excluding carboxylic acids is 2. The Hall–Kier alpha value is -2.33. The monoisotopic (exact) mass is 330 g/mol. The molecule has 0 heterocycles. The van der Waals surface area contributed by atoms with Crippen LogP contribution in [0.1, 0.15) is 17.0 Å². The first-order chi connectivity index (χ1) is 11.2. The Bertz CT molecular complexity index is 592. The van der Waals surface area contributed by atoms with Crippen LogP contribution in [0, 0.1) is 0 Å². The zero-order chi connectivity index (χ0) is 16.5. The molecule has 0 fully saturated rings. The fourth-order valence-corrected chi connectivity index (χ4v) is 2.42. The second kappa shape index (κ2) is 8.96. The van der Waals surface area contributed by atoms with Gasteiger partial charge in [-0.1, -0.05) is 60.7 Å². The fourth-order valence-electron chi connectivity index (χ4n) is 2.32. The molecule has 2 amide bonds. The highest BCUT2D eigenvalue weighted by molar-refractivity contribution is 6.27. The maximum absolute atomic E-state index is 12.6. The van der Waals surface area contributed by atoms with Crippen molar-refractivity contribution in [2.75, 3.05) is 19.0 Å². The molecule has 0 aliphatic heterocycles. The Morgan fingerprint density at radius 3 is 1.78 bits per heavy atom. The van der Waals surface area contributed by atoms with E-state index in [0.29, 0.717) is 13.1 Å². The third-order valence-corrected chi connectivity index (χ3v) is 3.64. The molecule has 2 aromatic carbocycles. The molecule has 2 rings (SSSR count). The van der Waals surface area contributed by atoms with E-state index in [4.69, 9.17) is 11.6 Å². The minimum absolute atomic E-state index is 0.0788. The maximum atomic E-state index is 12.6. The highest BCUT2D eigenvalue weighted by Gasteiger charge is 2.21. The van der Waals surface area contributed by atoms with Crippen LogP contribution in [0.15, 0.2) is 60.7 Å². The predicted octanol–water partition coefficient (Wildman–Crippen LogP) is 2.29. The van der Waals surface area contributed by atoms with Crippen molar-refractivity contribution in [2.45, 2.75) is 5.92 Å². The van der Waals surface area contributed by atoms with Crippen LogP contribution in [0.5, 0.6) is 0 Å². The van der Waals surface area contributed by atoms with Crippen molar-refractivity contribution in [2.24, 2.45) is 0 Å². The van der Waals surface area contributed by atoms with E-state index in [1.807, 2.05) is 60.7 Å². The van der Waals surface area contributed by atoms with Crippen LogP contribution in [0.3, 0.4) is 0 Å². The standard InChI is InChI=1S/C18H19ClN2O2/c19-13-16(22)20-11-12-21-18(23)17(14-7-3-1-4-8-14)15-9-5-2-6-10-15/h1-10,17H,11-13H2,(H,20,22)(H,21,23).